The van der Waals surface area contributed by atoms with Gasteiger partial charge in [-0.05, 0) is 43.9 Å². The van der Waals surface area contributed by atoms with Crippen LogP contribution in [0.4, 0.5) is 5.69 Å². The SMILES string of the molecule is CC(C)C(=O)C1CCC2(CC1)CC(N1CCN(c3cnc(C(C)C)nc3)CC1)C2.OPO. The molecule has 180 valence electrons. The quantitative estimate of drug-likeness (QED) is 0.641. The first kappa shape index (κ1) is 25.5. The Kier molecular flexibility index (Phi) is 9.02. The number of nitrogens with zero attached hydrogens (tertiary/aromatic N) is 4. The van der Waals surface area contributed by atoms with Gasteiger partial charge in [0.1, 0.15) is 20.6 Å². The summed E-state index contributed by atoms with van der Waals surface area (Å²) in [7, 11) is -0.917. The molecule has 1 aromatic heterocycles. The maximum absolute atomic E-state index is 12.3. The molecule has 1 spiro atoms. The molecule has 1 aliphatic heterocycles. The predicted octanol–water partition coefficient (Wildman–Crippen LogP) is 3.77. The van der Waals surface area contributed by atoms with E-state index in [9.17, 15) is 4.79 Å². The molecule has 0 radical (unpaired) electrons. The van der Waals surface area contributed by atoms with Gasteiger partial charge in [0.2, 0.25) is 0 Å². The van der Waals surface area contributed by atoms with Crippen LogP contribution in [0.25, 0.3) is 0 Å². The number of carbonyl (C=O) groups is 1. The van der Waals surface area contributed by atoms with Gasteiger partial charge in [-0.2, -0.15) is 0 Å². The Balaban J connectivity index is 0.000000913. The number of piperazine rings is 1. The second-order valence-electron chi connectivity index (χ2n) is 10.5. The van der Waals surface area contributed by atoms with Crippen molar-refractivity contribution in [3.63, 3.8) is 0 Å². The molecule has 2 heterocycles. The van der Waals surface area contributed by atoms with Crippen LogP contribution in [0.2, 0.25) is 0 Å². The normalized spacial score (nSPS) is 28.4. The first-order chi connectivity index (χ1) is 15.3. The van der Waals surface area contributed by atoms with Crippen LogP contribution in [0.5, 0.6) is 0 Å². The van der Waals surface area contributed by atoms with E-state index in [-0.39, 0.29) is 5.92 Å². The monoisotopic (exact) mass is 464 g/mol. The number of carbonyl (C=O) groups excluding carboxylic acids is 1. The summed E-state index contributed by atoms with van der Waals surface area (Å²) in [6.07, 6.45) is 11.5. The van der Waals surface area contributed by atoms with Crippen molar-refractivity contribution < 1.29 is 14.6 Å². The molecule has 2 saturated carbocycles. The lowest BCUT2D eigenvalue weighted by Gasteiger charge is -2.56. The molecule has 32 heavy (non-hydrogen) atoms. The number of rotatable bonds is 5. The van der Waals surface area contributed by atoms with Crippen molar-refractivity contribution in [2.75, 3.05) is 31.1 Å². The van der Waals surface area contributed by atoms with Gasteiger partial charge in [-0.1, -0.05) is 27.7 Å². The van der Waals surface area contributed by atoms with Crippen LogP contribution in [0, 0.1) is 17.3 Å². The lowest BCUT2D eigenvalue weighted by atomic mass is 9.56. The Bertz CT molecular complexity index is 719. The van der Waals surface area contributed by atoms with E-state index >= 15 is 0 Å². The number of aromatic nitrogens is 2. The van der Waals surface area contributed by atoms with Crippen molar-refractivity contribution in [2.24, 2.45) is 17.3 Å². The van der Waals surface area contributed by atoms with Gasteiger partial charge in [0.25, 0.3) is 0 Å². The zero-order chi connectivity index (χ0) is 23.3. The molecule has 0 atom stereocenters. The molecular formula is C24H41N4O3P. The van der Waals surface area contributed by atoms with E-state index in [1.165, 1.54) is 25.7 Å². The standard InChI is InChI=1S/C24H38N4O.H3O2P/c1-17(2)22(29)19-5-7-24(8-6-19)13-20(14-24)27-9-11-28(12-10-27)21-15-25-23(18(3)4)26-16-21;1-3-2/h15-20H,5-14H2,1-4H3;1-3H. The smallest absolute Gasteiger partial charge is 0.149 e. The molecule has 1 saturated heterocycles. The van der Waals surface area contributed by atoms with Crippen LogP contribution in [0.15, 0.2) is 12.4 Å². The lowest BCUT2D eigenvalue weighted by molar-refractivity contribution is -0.129. The molecule has 3 aliphatic rings. The van der Waals surface area contributed by atoms with Gasteiger partial charge in [0.05, 0.1) is 18.1 Å². The number of anilines is 1. The summed E-state index contributed by atoms with van der Waals surface area (Å²) in [6.45, 7) is 12.8. The van der Waals surface area contributed by atoms with Crippen LogP contribution in [0.3, 0.4) is 0 Å². The fraction of sp³-hybridized carbons (Fsp3) is 0.792. The summed E-state index contributed by atoms with van der Waals surface area (Å²) in [6, 6.07) is 0.758. The molecule has 2 N–H and O–H groups in total. The van der Waals surface area contributed by atoms with Crippen molar-refractivity contribution in [3.05, 3.63) is 18.2 Å². The molecule has 0 aromatic carbocycles. The topological polar surface area (TPSA) is 89.8 Å². The molecule has 4 rings (SSSR count). The number of Topliss-reactive ketones (excluding diaryl/α,β-unsaturated/α-hetero) is 1. The van der Waals surface area contributed by atoms with Crippen LogP contribution in [0.1, 0.15) is 78.0 Å². The van der Waals surface area contributed by atoms with Gasteiger partial charge < -0.3 is 14.7 Å². The first-order valence-electron chi connectivity index (χ1n) is 12.2. The second kappa shape index (κ2) is 11.3. The fourth-order valence-corrected chi connectivity index (χ4v) is 5.73. The van der Waals surface area contributed by atoms with Gasteiger partial charge >= 0.3 is 0 Å². The maximum Gasteiger partial charge on any atom is 0.149 e. The highest BCUT2D eigenvalue weighted by Gasteiger charge is 2.48. The fourth-order valence-electron chi connectivity index (χ4n) is 5.73. The van der Waals surface area contributed by atoms with E-state index in [0.29, 0.717) is 23.0 Å². The molecule has 0 amide bonds. The molecule has 7 nitrogen and oxygen atoms in total. The highest BCUT2D eigenvalue weighted by Crippen LogP contribution is 2.54. The van der Waals surface area contributed by atoms with Crippen LogP contribution >= 0.6 is 9.03 Å². The minimum atomic E-state index is -0.917. The summed E-state index contributed by atoms with van der Waals surface area (Å²) in [5.74, 6) is 2.35. The molecule has 8 heteroatoms. The third kappa shape index (κ3) is 6.05. The van der Waals surface area contributed by atoms with Gasteiger partial charge in [-0.3, -0.25) is 9.69 Å². The van der Waals surface area contributed by atoms with Crippen LogP contribution in [-0.2, 0) is 4.79 Å². The highest BCUT2D eigenvalue weighted by atomic mass is 31.1. The van der Waals surface area contributed by atoms with Gasteiger partial charge in [-0.15, -0.1) is 0 Å². The summed E-state index contributed by atoms with van der Waals surface area (Å²) >= 11 is 0. The largest absolute Gasteiger partial charge is 0.366 e. The Morgan fingerprint density at radius 2 is 1.56 bits per heavy atom. The van der Waals surface area contributed by atoms with E-state index in [1.54, 1.807) is 0 Å². The third-order valence-corrected chi connectivity index (χ3v) is 7.73. The summed E-state index contributed by atoms with van der Waals surface area (Å²) < 4.78 is 0. The molecule has 2 aliphatic carbocycles. The van der Waals surface area contributed by atoms with Gasteiger partial charge in [0, 0.05) is 50.0 Å². The summed E-state index contributed by atoms with van der Waals surface area (Å²) in [5.41, 5.74) is 1.71. The lowest BCUT2D eigenvalue weighted by Crippen LogP contribution is -2.57. The number of hydrogen-bond donors (Lipinski definition) is 2. The van der Waals surface area contributed by atoms with E-state index < -0.39 is 9.03 Å². The van der Waals surface area contributed by atoms with Crippen molar-refractivity contribution in [1.29, 1.82) is 0 Å². The van der Waals surface area contributed by atoms with E-state index in [1.807, 2.05) is 12.4 Å². The van der Waals surface area contributed by atoms with E-state index in [4.69, 9.17) is 9.79 Å². The zero-order valence-electron chi connectivity index (χ0n) is 20.1. The van der Waals surface area contributed by atoms with Crippen molar-refractivity contribution in [1.82, 2.24) is 14.9 Å². The van der Waals surface area contributed by atoms with Crippen molar-refractivity contribution >= 4 is 20.5 Å². The van der Waals surface area contributed by atoms with Crippen molar-refractivity contribution in [2.45, 2.75) is 78.2 Å². The molecular weight excluding hydrogens is 423 g/mol. The molecule has 0 unspecified atom stereocenters. The number of ketones is 1. The van der Waals surface area contributed by atoms with Crippen LogP contribution < -0.4 is 4.90 Å². The first-order valence-corrected chi connectivity index (χ1v) is 13.1. The third-order valence-electron chi connectivity index (χ3n) is 7.73. The van der Waals surface area contributed by atoms with Crippen LogP contribution in [-0.4, -0.2) is 62.7 Å². The zero-order valence-corrected chi connectivity index (χ0v) is 21.1. The highest BCUT2D eigenvalue weighted by molar-refractivity contribution is 7.23. The Labute approximate surface area is 195 Å². The molecule has 0 bridgehead atoms. The van der Waals surface area contributed by atoms with Gasteiger partial charge in [0.15, 0.2) is 0 Å². The average Bonchev–Trinajstić information content (AvgIpc) is 2.78. The summed E-state index contributed by atoms with van der Waals surface area (Å²) in [5, 5.41) is 0. The summed E-state index contributed by atoms with van der Waals surface area (Å²) in [4.78, 5) is 40.8. The van der Waals surface area contributed by atoms with E-state index in [2.05, 4.69) is 47.5 Å². The molecule has 3 fully saturated rings. The van der Waals surface area contributed by atoms with E-state index in [0.717, 1.165) is 56.6 Å². The van der Waals surface area contributed by atoms with Crippen molar-refractivity contribution in [3.8, 4) is 0 Å². The Morgan fingerprint density at radius 1 is 1.03 bits per heavy atom. The minimum Gasteiger partial charge on any atom is -0.366 e. The predicted molar refractivity (Wildman–Crippen MR) is 130 cm³/mol. The second-order valence-corrected chi connectivity index (χ2v) is 10.7. The number of hydrogen-bond acceptors (Lipinski definition) is 7. The average molecular weight is 465 g/mol. The maximum atomic E-state index is 12.3. The Morgan fingerprint density at radius 3 is 2.03 bits per heavy atom. The minimum absolute atomic E-state index is 0.200. The Hall–Kier alpha value is -1.14. The van der Waals surface area contributed by atoms with Gasteiger partial charge in [-0.25, -0.2) is 9.97 Å². The molecule has 1 aromatic rings.